The quantitative estimate of drug-likeness (QED) is 0.602. The molecule has 0 saturated carbocycles. The van der Waals surface area contributed by atoms with Crippen molar-refractivity contribution < 1.29 is 19.1 Å². The van der Waals surface area contributed by atoms with Crippen LogP contribution >= 0.6 is 15.9 Å². The van der Waals surface area contributed by atoms with Crippen LogP contribution in [-0.2, 0) is 19.1 Å². The molecule has 0 radical (unpaired) electrons. The molecule has 0 aliphatic carbocycles. The average Bonchev–Trinajstić information content (AvgIpc) is 3.01. The lowest BCUT2D eigenvalue weighted by atomic mass is 10.1. The van der Waals surface area contributed by atoms with Gasteiger partial charge in [-0.3, -0.25) is 9.59 Å². The number of hydrogen-bond donors (Lipinski definition) is 2. The van der Waals surface area contributed by atoms with E-state index in [0.717, 1.165) is 9.37 Å². The SMILES string of the molecule is CCOC(=O)C1=C2C(=O)N(c3cccc(Br)c3)C(=O)C2NN1. The van der Waals surface area contributed by atoms with Gasteiger partial charge in [-0.15, -0.1) is 0 Å². The third kappa shape index (κ3) is 2.20. The van der Waals surface area contributed by atoms with Crippen LogP contribution in [0.1, 0.15) is 6.92 Å². The number of carbonyl (C=O) groups is 3. The van der Waals surface area contributed by atoms with Crippen molar-refractivity contribution in [2.75, 3.05) is 11.5 Å². The number of halogens is 1. The molecule has 1 aromatic carbocycles. The number of hydrogen-bond acceptors (Lipinski definition) is 6. The molecule has 7 nitrogen and oxygen atoms in total. The summed E-state index contributed by atoms with van der Waals surface area (Å²) in [7, 11) is 0. The number of esters is 1. The summed E-state index contributed by atoms with van der Waals surface area (Å²) in [5, 5.41) is 0. The van der Waals surface area contributed by atoms with E-state index in [1.54, 1.807) is 31.2 Å². The Morgan fingerprint density at radius 2 is 2.18 bits per heavy atom. The Morgan fingerprint density at radius 1 is 1.41 bits per heavy atom. The molecule has 2 aliphatic rings. The molecule has 8 heteroatoms. The number of carbonyl (C=O) groups excluding carboxylic acids is 3. The van der Waals surface area contributed by atoms with Crippen LogP contribution in [0.2, 0.25) is 0 Å². The van der Waals surface area contributed by atoms with Gasteiger partial charge in [0.1, 0.15) is 11.7 Å². The summed E-state index contributed by atoms with van der Waals surface area (Å²) >= 11 is 3.30. The van der Waals surface area contributed by atoms with Gasteiger partial charge in [-0.2, -0.15) is 0 Å². The standard InChI is InChI=1S/C14H12BrN3O4/c1-2-22-14(21)11-9-10(16-17-11)13(20)18(12(9)19)8-5-3-4-7(15)6-8/h3-6,10,16-17H,2H2,1H3. The Hall–Kier alpha value is -2.19. The fraction of sp³-hybridized carbons (Fsp3) is 0.214. The molecule has 1 aromatic rings. The molecule has 1 fully saturated rings. The number of nitrogens with one attached hydrogen (secondary N) is 2. The van der Waals surface area contributed by atoms with E-state index in [1.165, 1.54) is 0 Å². The van der Waals surface area contributed by atoms with Gasteiger partial charge in [-0.25, -0.2) is 15.1 Å². The average molecular weight is 366 g/mol. The first kappa shape index (κ1) is 14.7. The molecule has 0 spiro atoms. The lowest BCUT2D eigenvalue weighted by Gasteiger charge is -2.16. The smallest absolute Gasteiger partial charge is 0.356 e. The highest BCUT2D eigenvalue weighted by molar-refractivity contribution is 9.10. The number of imide groups is 1. The first-order chi connectivity index (χ1) is 10.5. The zero-order valence-electron chi connectivity index (χ0n) is 11.6. The van der Waals surface area contributed by atoms with Gasteiger partial charge in [-0.05, 0) is 25.1 Å². The molecule has 1 atom stereocenters. The number of ether oxygens (including phenoxy) is 1. The van der Waals surface area contributed by atoms with Gasteiger partial charge < -0.3 is 10.2 Å². The molecule has 2 heterocycles. The van der Waals surface area contributed by atoms with E-state index < -0.39 is 23.8 Å². The van der Waals surface area contributed by atoms with Crippen molar-refractivity contribution >= 4 is 39.4 Å². The van der Waals surface area contributed by atoms with Crippen LogP contribution in [0.15, 0.2) is 40.0 Å². The van der Waals surface area contributed by atoms with Crippen molar-refractivity contribution in [1.82, 2.24) is 10.9 Å². The van der Waals surface area contributed by atoms with E-state index in [1.807, 2.05) is 0 Å². The van der Waals surface area contributed by atoms with Crippen molar-refractivity contribution in [2.45, 2.75) is 13.0 Å². The maximum absolute atomic E-state index is 12.6. The van der Waals surface area contributed by atoms with E-state index in [4.69, 9.17) is 4.74 Å². The number of nitrogens with zero attached hydrogens (tertiary/aromatic N) is 1. The maximum atomic E-state index is 12.6. The Kier molecular flexibility index (Phi) is 3.71. The molecule has 1 unspecified atom stereocenters. The molecule has 3 rings (SSSR count). The molecule has 114 valence electrons. The molecule has 2 amide bonds. The minimum Gasteiger partial charge on any atom is -0.461 e. The Balaban J connectivity index is 2.01. The second kappa shape index (κ2) is 5.54. The summed E-state index contributed by atoms with van der Waals surface area (Å²) in [6.07, 6.45) is 0. The number of hydrazine groups is 1. The van der Waals surface area contributed by atoms with Gasteiger partial charge in [0.15, 0.2) is 0 Å². The van der Waals surface area contributed by atoms with Crippen molar-refractivity contribution in [1.29, 1.82) is 0 Å². The summed E-state index contributed by atoms with van der Waals surface area (Å²) in [4.78, 5) is 37.9. The van der Waals surface area contributed by atoms with Crippen LogP contribution in [0.5, 0.6) is 0 Å². The minimum atomic E-state index is -0.883. The first-order valence-electron chi connectivity index (χ1n) is 6.61. The summed E-state index contributed by atoms with van der Waals surface area (Å²) < 4.78 is 5.63. The molecular weight excluding hydrogens is 354 g/mol. The van der Waals surface area contributed by atoms with Crippen LogP contribution < -0.4 is 15.8 Å². The zero-order chi connectivity index (χ0) is 15.9. The minimum absolute atomic E-state index is 0.0114. The van der Waals surface area contributed by atoms with E-state index in [0.29, 0.717) is 5.69 Å². The predicted octanol–water partition coefficient (Wildman–Crippen LogP) is 0.616. The second-order valence-electron chi connectivity index (χ2n) is 4.67. The summed E-state index contributed by atoms with van der Waals surface area (Å²) in [5.74, 6) is -1.64. The third-order valence-corrected chi connectivity index (χ3v) is 3.84. The molecule has 2 aliphatic heterocycles. The monoisotopic (exact) mass is 365 g/mol. The summed E-state index contributed by atoms with van der Waals surface area (Å²) in [5.41, 5.74) is 5.73. The Morgan fingerprint density at radius 3 is 2.86 bits per heavy atom. The van der Waals surface area contributed by atoms with Gasteiger partial charge in [0, 0.05) is 4.47 Å². The fourth-order valence-corrected chi connectivity index (χ4v) is 2.80. The molecule has 1 saturated heterocycles. The van der Waals surface area contributed by atoms with Crippen LogP contribution in [0.3, 0.4) is 0 Å². The van der Waals surface area contributed by atoms with Crippen molar-refractivity contribution in [3.8, 4) is 0 Å². The molecule has 22 heavy (non-hydrogen) atoms. The Labute approximate surface area is 134 Å². The van der Waals surface area contributed by atoms with E-state index >= 15 is 0 Å². The molecular formula is C14H12BrN3O4. The highest BCUT2D eigenvalue weighted by Gasteiger charge is 2.50. The maximum Gasteiger partial charge on any atom is 0.356 e. The van der Waals surface area contributed by atoms with Gasteiger partial charge in [0.25, 0.3) is 11.8 Å². The van der Waals surface area contributed by atoms with Gasteiger partial charge in [-0.1, -0.05) is 22.0 Å². The van der Waals surface area contributed by atoms with Crippen molar-refractivity contribution in [3.63, 3.8) is 0 Å². The molecule has 0 aromatic heterocycles. The van der Waals surface area contributed by atoms with E-state index in [2.05, 4.69) is 26.8 Å². The Bertz CT molecular complexity index is 716. The second-order valence-corrected chi connectivity index (χ2v) is 5.59. The van der Waals surface area contributed by atoms with E-state index in [-0.39, 0.29) is 17.9 Å². The molecule has 0 bridgehead atoms. The summed E-state index contributed by atoms with van der Waals surface area (Å²) in [6.45, 7) is 1.85. The summed E-state index contributed by atoms with van der Waals surface area (Å²) in [6, 6.07) is 5.94. The van der Waals surface area contributed by atoms with Gasteiger partial charge in [0.05, 0.1) is 17.9 Å². The fourth-order valence-electron chi connectivity index (χ4n) is 2.42. The number of benzene rings is 1. The van der Waals surface area contributed by atoms with Gasteiger partial charge in [0.2, 0.25) is 0 Å². The topological polar surface area (TPSA) is 87.7 Å². The first-order valence-corrected chi connectivity index (χ1v) is 7.40. The highest BCUT2D eigenvalue weighted by atomic mass is 79.9. The van der Waals surface area contributed by atoms with Crippen LogP contribution in [0, 0.1) is 0 Å². The van der Waals surface area contributed by atoms with Crippen LogP contribution in [-0.4, -0.2) is 30.4 Å². The van der Waals surface area contributed by atoms with Crippen molar-refractivity contribution in [2.24, 2.45) is 0 Å². The lowest BCUT2D eigenvalue weighted by Crippen LogP contribution is -2.42. The number of amides is 2. The largest absolute Gasteiger partial charge is 0.461 e. The normalized spacial score (nSPS) is 20.3. The number of fused-ring (bicyclic) bond motifs is 1. The third-order valence-electron chi connectivity index (χ3n) is 3.35. The number of anilines is 1. The zero-order valence-corrected chi connectivity index (χ0v) is 13.1. The predicted molar refractivity (Wildman–Crippen MR) is 80.4 cm³/mol. The number of rotatable bonds is 3. The van der Waals surface area contributed by atoms with Gasteiger partial charge >= 0.3 is 5.97 Å². The van der Waals surface area contributed by atoms with Crippen molar-refractivity contribution in [3.05, 3.63) is 40.0 Å². The lowest BCUT2D eigenvalue weighted by molar-refractivity contribution is -0.139. The highest BCUT2D eigenvalue weighted by Crippen LogP contribution is 2.31. The van der Waals surface area contributed by atoms with Crippen LogP contribution in [0.25, 0.3) is 0 Å². The van der Waals surface area contributed by atoms with E-state index in [9.17, 15) is 14.4 Å². The molecule has 2 N–H and O–H groups in total. The van der Waals surface area contributed by atoms with Crippen LogP contribution in [0.4, 0.5) is 5.69 Å².